The zero-order chi connectivity index (χ0) is 18.2. The molecule has 0 atom stereocenters. The lowest BCUT2D eigenvalue weighted by Crippen LogP contribution is -2.35. The summed E-state index contributed by atoms with van der Waals surface area (Å²) in [5.41, 5.74) is 3.12. The first-order chi connectivity index (χ1) is 12.7. The molecule has 3 rings (SSSR count). The number of morpholine rings is 1. The lowest BCUT2D eigenvalue weighted by Gasteiger charge is -2.26. The number of hydrogen-bond donors (Lipinski definition) is 1. The van der Waals surface area contributed by atoms with Gasteiger partial charge in [0.05, 0.1) is 13.2 Å². The minimum atomic E-state index is -0.00932. The summed E-state index contributed by atoms with van der Waals surface area (Å²) >= 11 is 5.89. The molecule has 138 valence electrons. The van der Waals surface area contributed by atoms with Crippen molar-refractivity contribution in [2.24, 2.45) is 0 Å². The molecule has 0 spiro atoms. The van der Waals surface area contributed by atoms with Crippen LogP contribution >= 0.6 is 11.6 Å². The van der Waals surface area contributed by atoms with Crippen molar-refractivity contribution in [2.45, 2.75) is 19.4 Å². The molecular weight excluding hydrogens is 348 g/mol. The molecule has 1 fully saturated rings. The Morgan fingerprint density at radius 2 is 1.85 bits per heavy atom. The summed E-state index contributed by atoms with van der Waals surface area (Å²) < 4.78 is 5.38. The predicted molar refractivity (Wildman–Crippen MR) is 105 cm³/mol. The van der Waals surface area contributed by atoms with Crippen LogP contribution in [0.1, 0.15) is 27.9 Å². The van der Waals surface area contributed by atoms with Gasteiger partial charge in [0.1, 0.15) is 0 Å². The molecule has 5 heteroatoms. The van der Waals surface area contributed by atoms with Gasteiger partial charge < -0.3 is 10.1 Å². The molecule has 0 aromatic heterocycles. The van der Waals surface area contributed by atoms with E-state index in [0.29, 0.717) is 6.54 Å². The Bertz CT molecular complexity index is 712. The van der Waals surface area contributed by atoms with Gasteiger partial charge in [0.15, 0.2) is 0 Å². The zero-order valence-corrected chi connectivity index (χ0v) is 15.7. The molecule has 4 nitrogen and oxygen atoms in total. The number of aryl methyl sites for hydroxylation is 1. The summed E-state index contributed by atoms with van der Waals surface area (Å²) in [5.74, 6) is -0.00932. The van der Waals surface area contributed by atoms with E-state index in [9.17, 15) is 4.79 Å². The number of amides is 1. The van der Waals surface area contributed by atoms with E-state index < -0.39 is 0 Å². The molecule has 0 unspecified atom stereocenters. The molecule has 1 amide bonds. The number of nitrogens with zero attached hydrogens (tertiary/aromatic N) is 1. The highest BCUT2D eigenvalue weighted by Crippen LogP contribution is 2.12. The largest absolute Gasteiger partial charge is 0.379 e. The van der Waals surface area contributed by atoms with Gasteiger partial charge in [0, 0.05) is 36.8 Å². The Balaban J connectivity index is 1.45. The molecule has 0 bridgehead atoms. The monoisotopic (exact) mass is 372 g/mol. The van der Waals surface area contributed by atoms with E-state index in [1.165, 1.54) is 11.1 Å². The van der Waals surface area contributed by atoms with Crippen molar-refractivity contribution in [1.29, 1.82) is 0 Å². The zero-order valence-electron chi connectivity index (χ0n) is 14.9. The van der Waals surface area contributed by atoms with E-state index in [-0.39, 0.29) is 5.91 Å². The Morgan fingerprint density at radius 3 is 2.62 bits per heavy atom. The quantitative estimate of drug-likeness (QED) is 0.756. The predicted octanol–water partition coefficient (Wildman–Crippen LogP) is 3.53. The lowest BCUT2D eigenvalue weighted by molar-refractivity contribution is 0.0342. The average molecular weight is 373 g/mol. The smallest absolute Gasteiger partial charge is 0.251 e. The van der Waals surface area contributed by atoms with Crippen molar-refractivity contribution in [2.75, 3.05) is 32.8 Å². The summed E-state index contributed by atoms with van der Waals surface area (Å²) in [4.78, 5) is 14.7. The Kier molecular flexibility index (Phi) is 7.06. The highest BCUT2D eigenvalue weighted by molar-refractivity contribution is 6.30. The number of rotatable bonds is 7. The minimum Gasteiger partial charge on any atom is -0.379 e. The summed E-state index contributed by atoms with van der Waals surface area (Å²) in [6, 6.07) is 15.7. The van der Waals surface area contributed by atoms with Gasteiger partial charge in [-0.05, 0) is 48.2 Å². The number of ether oxygens (including phenoxy) is 1. The van der Waals surface area contributed by atoms with Crippen molar-refractivity contribution in [3.8, 4) is 0 Å². The fraction of sp³-hybridized carbons (Fsp3) is 0.381. The van der Waals surface area contributed by atoms with Crippen LogP contribution in [0.5, 0.6) is 0 Å². The molecule has 2 aromatic carbocycles. The van der Waals surface area contributed by atoms with Crippen molar-refractivity contribution >= 4 is 17.5 Å². The molecule has 0 radical (unpaired) electrons. The fourth-order valence-electron chi connectivity index (χ4n) is 3.08. The number of carbonyl (C=O) groups is 1. The van der Waals surface area contributed by atoms with Crippen LogP contribution in [0.25, 0.3) is 0 Å². The normalized spacial score (nSPS) is 15.0. The fourth-order valence-corrected chi connectivity index (χ4v) is 3.20. The maximum atomic E-state index is 12.4. The van der Waals surface area contributed by atoms with Crippen molar-refractivity contribution < 1.29 is 9.53 Å². The first-order valence-corrected chi connectivity index (χ1v) is 9.50. The van der Waals surface area contributed by atoms with Crippen LogP contribution in [-0.2, 0) is 17.7 Å². The van der Waals surface area contributed by atoms with E-state index in [1.807, 2.05) is 42.5 Å². The maximum Gasteiger partial charge on any atom is 0.251 e. The van der Waals surface area contributed by atoms with Gasteiger partial charge in [0.25, 0.3) is 5.91 Å². The summed E-state index contributed by atoms with van der Waals surface area (Å²) in [5, 5.41) is 3.76. The molecule has 1 aliphatic heterocycles. The molecule has 1 saturated heterocycles. The molecule has 0 saturated carbocycles. The summed E-state index contributed by atoms with van der Waals surface area (Å²) in [6.07, 6.45) is 1.83. The SMILES string of the molecule is O=C(NCCCc1ccc(Cl)cc1)c1cccc(CN2CCOCC2)c1. The molecule has 26 heavy (non-hydrogen) atoms. The van der Waals surface area contributed by atoms with Gasteiger partial charge in [0.2, 0.25) is 0 Å². The lowest BCUT2D eigenvalue weighted by atomic mass is 10.1. The number of halogens is 1. The third-order valence-electron chi connectivity index (χ3n) is 4.54. The first kappa shape index (κ1) is 18.9. The standard InChI is InChI=1S/C21H25ClN2O2/c22-20-8-6-17(7-9-20)4-2-10-23-21(25)19-5-1-3-18(15-19)16-24-11-13-26-14-12-24/h1,3,5-9,15H,2,4,10-14,16H2,(H,23,25). The van der Waals surface area contributed by atoms with Crippen LogP contribution in [0.2, 0.25) is 5.02 Å². The number of hydrogen-bond acceptors (Lipinski definition) is 3. The summed E-state index contributed by atoms with van der Waals surface area (Å²) in [7, 11) is 0. The highest BCUT2D eigenvalue weighted by atomic mass is 35.5. The summed E-state index contributed by atoms with van der Waals surface area (Å²) in [6.45, 7) is 4.99. The van der Waals surface area contributed by atoms with Crippen LogP contribution < -0.4 is 5.32 Å². The van der Waals surface area contributed by atoms with Crippen LogP contribution in [0.15, 0.2) is 48.5 Å². The van der Waals surface area contributed by atoms with Gasteiger partial charge in [-0.3, -0.25) is 9.69 Å². The van der Waals surface area contributed by atoms with Crippen LogP contribution in [0, 0.1) is 0 Å². The number of nitrogens with one attached hydrogen (secondary N) is 1. The molecular formula is C21H25ClN2O2. The van der Waals surface area contributed by atoms with Crippen molar-refractivity contribution in [3.63, 3.8) is 0 Å². The molecule has 1 N–H and O–H groups in total. The van der Waals surface area contributed by atoms with E-state index in [4.69, 9.17) is 16.3 Å². The van der Waals surface area contributed by atoms with Gasteiger partial charge in [-0.1, -0.05) is 35.9 Å². The third-order valence-corrected chi connectivity index (χ3v) is 4.79. The van der Waals surface area contributed by atoms with Gasteiger partial charge in [-0.2, -0.15) is 0 Å². The second kappa shape index (κ2) is 9.72. The Morgan fingerprint density at radius 1 is 1.08 bits per heavy atom. The molecule has 1 heterocycles. The molecule has 0 aliphatic carbocycles. The molecule has 1 aliphatic rings. The van der Waals surface area contributed by atoms with E-state index in [0.717, 1.165) is 56.3 Å². The van der Waals surface area contributed by atoms with E-state index in [2.05, 4.69) is 16.3 Å². The highest BCUT2D eigenvalue weighted by Gasteiger charge is 2.12. The maximum absolute atomic E-state index is 12.4. The number of carbonyl (C=O) groups excluding carboxylic acids is 1. The Labute approximate surface area is 160 Å². The minimum absolute atomic E-state index is 0.00932. The van der Waals surface area contributed by atoms with Crippen LogP contribution in [0.4, 0.5) is 0 Å². The Hall–Kier alpha value is -1.88. The van der Waals surface area contributed by atoms with E-state index in [1.54, 1.807) is 0 Å². The first-order valence-electron chi connectivity index (χ1n) is 9.12. The van der Waals surface area contributed by atoms with Gasteiger partial charge in [-0.15, -0.1) is 0 Å². The van der Waals surface area contributed by atoms with Crippen LogP contribution in [-0.4, -0.2) is 43.7 Å². The van der Waals surface area contributed by atoms with Crippen molar-refractivity contribution in [1.82, 2.24) is 10.2 Å². The second-order valence-electron chi connectivity index (χ2n) is 6.57. The van der Waals surface area contributed by atoms with E-state index >= 15 is 0 Å². The topological polar surface area (TPSA) is 41.6 Å². The van der Waals surface area contributed by atoms with Crippen LogP contribution in [0.3, 0.4) is 0 Å². The molecule has 2 aromatic rings. The second-order valence-corrected chi connectivity index (χ2v) is 7.01. The van der Waals surface area contributed by atoms with Gasteiger partial charge >= 0.3 is 0 Å². The number of benzene rings is 2. The average Bonchev–Trinajstić information content (AvgIpc) is 2.67. The third kappa shape index (κ3) is 5.84. The van der Waals surface area contributed by atoms with Gasteiger partial charge in [-0.25, -0.2) is 0 Å². The van der Waals surface area contributed by atoms with Crippen molar-refractivity contribution in [3.05, 3.63) is 70.2 Å².